The van der Waals surface area contributed by atoms with Gasteiger partial charge in [-0.3, -0.25) is 4.79 Å². The standard InChI is InChI=1S/C19H19N7O/c1-11-4-5-12(2)16(8-11)22-18(27)10-26-24-19(23-25-26)14-6-7-15-17(9-14)21-13(3)20-15/h4-9H,10H2,1-3H3,(H,20,21)(H,22,27). The Bertz CT molecular complexity index is 1140. The highest BCUT2D eigenvalue weighted by molar-refractivity contribution is 5.91. The number of rotatable bonds is 4. The van der Waals surface area contributed by atoms with Crippen molar-refractivity contribution in [2.75, 3.05) is 5.32 Å². The van der Waals surface area contributed by atoms with Crippen LogP contribution in [0.25, 0.3) is 22.4 Å². The molecule has 8 nitrogen and oxygen atoms in total. The number of carbonyl (C=O) groups is 1. The zero-order valence-corrected chi connectivity index (χ0v) is 15.3. The fourth-order valence-corrected chi connectivity index (χ4v) is 2.89. The van der Waals surface area contributed by atoms with Gasteiger partial charge in [-0.2, -0.15) is 4.80 Å². The average molecular weight is 361 g/mol. The van der Waals surface area contributed by atoms with Crippen LogP contribution in [0.1, 0.15) is 17.0 Å². The molecule has 0 aliphatic carbocycles. The number of H-pyrrole nitrogens is 1. The van der Waals surface area contributed by atoms with Crippen LogP contribution in [0.2, 0.25) is 0 Å². The molecule has 4 aromatic rings. The van der Waals surface area contributed by atoms with E-state index in [0.717, 1.165) is 39.2 Å². The van der Waals surface area contributed by atoms with Crippen molar-refractivity contribution in [3.05, 3.63) is 53.3 Å². The number of nitrogens with one attached hydrogen (secondary N) is 2. The molecule has 2 heterocycles. The maximum absolute atomic E-state index is 12.3. The van der Waals surface area contributed by atoms with Gasteiger partial charge in [-0.05, 0) is 61.4 Å². The molecule has 2 aromatic heterocycles. The molecule has 0 aliphatic heterocycles. The Morgan fingerprint density at radius 3 is 2.85 bits per heavy atom. The highest BCUT2D eigenvalue weighted by Gasteiger charge is 2.12. The number of nitrogens with zero attached hydrogens (tertiary/aromatic N) is 5. The summed E-state index contributed by atoms with van der Waals surface area (Å²) >= 11 is 0. The molecule has 0 unspecified atom stereocenters. The van der Waals surface area contributed by atoms with Gasteiger partial charge in [-0.25, -0.2) is 4.98 Å². The number of anilines is 1. The Morgan fingerprint density at radius 1 is 1.15 bits per heavy atom. The lowest BCUT2D eigenvalue weighted by molar-refractivity contribution is -0.117. The first-order valence-electron chi connectivity index (χ1n) is 8.59. The lowest BCUT2D eigenvalue weighted by atomic mass is 10.1. The summed E-state index contributed by atoms with van der Waals surface area (Å²) in [5.74, 6) is 1.11. The number of aromatic amines is 1. The number of hydrogen-bond donors (Lipinski definition) is 2. The van der Waals surface area contributed by atoms with Crippen molar-refractivity contribution in [3.8, 4) is 11.4 Å². The summed E-state index contributed by atoms with van der Waals surface area (Å²) in [5, 5.41) is 15.3. The molecule has 0 fully saturated rings. The van der Waals surface area contributed by atoms with Gasteiger partial charge in [0.1, 0.15) is 12.4 Å². The number of fused-ring (bicyclic) bond motifs is 1. The molecule has 0 bridgehead atoms. The van der Waals surface area contributed by atoms with Crippen LogP contribution in [0.5, 0.6) is 0 Å². The fourth-order valence-electron chi connectivity index (χ4n) is 2.89. The molecular formula is C19H19N7O. The summed E-state index contributed by atoms with van der Waals surface area (Å²) in [7, 11) is 0. The molecule has 27 heavy (non-hydrogen) atoms. The molecule has 0 atom stereocenters. The lowest BCUT2D eigenvalue weighted by Gasteiger charge is -2.08. The van der Waals surface area contributed by atoms with Crippen LogP contribution in [0.15, 0.2) is 36.4 Å². The monoisotopic (exact) mass is 361 g/mol. The maximum Gasteiger partial charge on any atom is 0.248 e. The van der Waals surface area contributed by atoms with Gasteiger partial charge in [0, 0.05) is 11.3 Å². The van der Waals surface area contributed by atoms with Crippen LogP contribution >= 0.6 is 0 Å². The van der Waals surface area contributed by atoms with E-state index in [-0.39, 0.29) is 12.5 Å². The highest BCUT2D eigenvalue weighted by atomic mass is 16.2. The Morgan fingerprint density at radius 2 is 2.00 bits per heavy atom. The van der Waals surface area contributed by atoms with E-state index in [9.17, 15) is 4.79 Å². The number of carbonyl (C=O) groups excluding carboxylic acids is 1. The van der Waals surface area contributed by atoms with Crippen molar-refractivity contribution in [1.29, 1.82) is 0 Å². The summed E-state index contributed by atoms with van der Waals surface area (Å²) in [6.07, 6.45) is 0. The van der Waals surface area contributed by atoms with Crippen molar-refractivity contribution in [2.45, 2.75) is 27.3 Å². The second kappa shape index (κ2) is 6.64. The first kappa shape index (κ1) is 16.9. The van der Waals surface area contributed by atoms with Gasteiger partial charge in [-0.1, -0.05) is 12.1 Å². The third-order valence-electron chi connectivity index (χ3n) is 4.26. The van der Waals surface area contributed by atoms with Gasteiger partial charge in [0.15, 0.2) is 0 Å². The van der Waals surface area contributed by atoms with Crippen molar-refractivity contribution in [2.24, 2.45) is 0 Å². The van der Waals surface area contributed by atoms with E-state index in [2.05, 4.69) is 30.7 Å². The van der Waals surface area contributed by atoms with Gasteiger partial charge in [0.05, 0.1) is 11.0 Å². The smallest absolute Gasteiger partial charge is 0.248 e. The third-order valence-corrected chi connectivity index (χ3v) is 4.26. The van der Waals surface area contributed by atoms with Gasteiger partial charge in [0.2, 0.25) is 11.7 Å². The molecule has 8 heteroatoms. The van der Waals surface area contributed by atoms with E-state index in [1.165, 1.54) is 4.80 Å². The van der Waals surface area contributed by atoms with E-state index in [4.69, 9.17) is 0 Å². The minimum absolute atomic E-state index is 0.00814. The molecule has 0 aliphatic rings. The second-order valence-electron chi connectivity index (χ2n) is 6.56. The van der Waals surface area contributed by atoms with Crippen molar-refractivity contribution in [1.82, 2.24) is 30.2 Å². The summed E-state index contributed by atoms with van der Waals surface area (Å²) in [5.41, 5.74) is 5.49. The molecular weight excluding hydrogens is 342 g/mol. The number of aryl methyl sites for hydroxylation is 3. The molecule has 136 valence electrons. The molecule has 2 N–H and O–H groups in total. The van der Waals surface area contributed by atoms with Crippen LogP contribution < -0.4 is 5.32 Å². The topological polar surface area (TPSA) is 101 Å². The summed E-state index contributed by atoms with van der Waals surface area (Å²) < 4.78 is 0. The summed E-state index contributed by atoms with van der Waals surface area (Å²) in [4.78, 5) is 21.2. The Balaban J connectivity index is 1.50. The van der Waals surface area contributed by atoms with E-state index in [1.807, 2.05) is 57.2 Å². The third kappa shape index (κ3) is 3.55. The number of imidazole rings is 1. The average Bonchev–Trinajstić information content (AvgIpc) is 3.22. The minimum Gasteiger partial charge on any atom is -0.342 e. The molecule has 0 spiro atoms. The number of benzene rings is 2. The zero-order valence-electron chi connectivity index (χ0n) is 15.3. The van der Waals surface area contributed by atoms with Gasteiger partial charge < -0.3 is 10.3 Å². The van der Waals surface area contributed by atoms with Crippen molar-refractivity contribution in [3.63, 3.8) is 0 Å². The Labute approximate surface area is 155 Å². The van der Waals surface area contributed by atoms with E-state index < -0.39 is 0 Å². The fraction of sp³-hybridized carbons (Fsp3) is 0.211. The quantitative estimate of drug-likeness (QED) is 0.582. The van der Waals surface area contributed by atoms with Gasteiger partial charge in [0.25, 0.3) is 0 Å². The highest BCUT2D eigenvalue weighted by Crippen LogP contribution is 2.20. The first-order chi connectivity index (χ1) is 13.0. The van der Waals surface area contributed by atoms with E-state index in [1.54, 1.807) is 0 Å². The number of aromatic nitrogens is 6. The van der Waals surface area contributed by atoms with Crippen LogP contribution in [0.4, 0.5) is 5.69 Å². The first-order valence-corrected chi connectivity index (χ1v) is 8.59. The molecule has 2 aromatic carbocycles. The number of amides is 1. The minimum atomic E-state index is -0.202. The van der Waals surface area contributed by atoms with E-state index in [0.29, 0.717) is 5.82 Å². The van der Waals surface area contributed by atoms with Crippen LogP contribution in [-0.2, 0) is 11.3 Å². The second-order valence-corrected chi connectivity index (χ2v) is 6.56. The molecule has 0 radical (unpaired) electrons. The lowest BCUT2D eigenvalue weighted by Crippen LogP contribution is -2.21. The number of hydrogen-bond acceptors (Lipinski definition) is 5. The van der Waals surface area contributed by atoms with Gasteiger partial charge in [-0.15, -0.1) is 10.2 Å². The molecule has 1 amide bonds. The summed E-state index contributed by atoms with van der Waals surface area (Å²) in [6, 6.07) is 11.6. The largest absolute Gasteiger partial charge is 0.342 e. The Kier molecular flexibility index (Phi) is 4.15. The normalized spacial score (nSPS) is 11.1. The van der Waals surface area contributed by atoms with Crippen LogP contribution in [0.3, 0.4) is 0 Å². The van der Waals surface area contributed by atoms with Gasteiger partial charge >= 0.3 is 0 Å². The van der Waals surface area contributed by atoms with E-state index >= 15 is 0 Å². The van der Waals surface area contributed by atoms with Crippen LogP contribution in [-0.4, -0.2) is 36.1 Å². The maximum atomic E-state index is 12.3. The van der Waals surface area contributed by atoms with Crippen LogP contribution in [0, 0.1) is 20.8 Å². The summed E-state index contributed by atoms with van der Waals surface area (Å²) in [6.45, 7) is 5.83. The van der Waals surface area contributed by atoms with Crippen molar-refractivity contribution >= 4 is 22.6 Å². The zero-order chi connectivity index (χ0) is 19.0. The predicted molar refractivity (Wildman–Crippen MR) is 102 cm³/mol. The molecule has 0 saturated heterocycles. The Hall–Kier alpha value is -3.55. The SMILES string of the molecule is Cc1ccc(C)c(NC(=O)Cn2nnc(-c3ccc4nc(C)[nH]c4c3)n2)c1. The predicted octanol–water partition coefficient (Wildman–Crippen LogP) is 2.78. The number of tetrazole rings is 1. The molecule has 0 saturated carbocycles. The molecule has 4 rings (SSSR count). The van der Waals surface area contributed by atoms with Crippen molar-refractivity contribution < 1.29 is 4.79 Å².